The maximum atomic E-state index is 12.4. The number of benzene rings is 1. The maximum absolute atomic E-state index is 12.4. The van der Waals surface area contributed by atoms with Crippen LogP contribution in [0.4, 0.5) is 8.78 Å². The summed E-state index contributed by atoms with van der Waals surface area (Å²) in [6.07, 6.45) is -2.69. The third-order valence-corrected chi connectivity index (χ3v) is 2.90. The Hall–Kier alpha value is -0.720. The van der Waals surface area contributed by atoms with E-state index in [1.54, 1.807) is 22.6 Å². The van der Waals surface area contributed by atoms with Gasteiger partial charge in [-0.25, -0.2) is 8.78 Å². The Bertz CT molecular complexity index is 377. The number of halogens is 3. The monoisotopic (exact) mass is 312 g/mol. The second kappa shape index (κ2) is 4.20. The molecule has 0 aromatic heterocycles. The zero-order chi connectivity index (χ0) is 10.9. The number of carbonyl (C=O) groups excluding carboxylic acids is 1. The third-order valence-electron chi connectivity index (χ3n) is 1.70. The van der Waals surface area contributed by atoms with Crippen molar-refractivity contribution in [3.8, 4) is 5.75 Å². The van der Waals surface area contributed by atoms with Crippen LogP contribution >= 0.6 is 22.6 Å². The molecule has 0 heterocycles. The number of hydrogen-bond acceptors (Lipinski definition) is 2. The molecular weight excluding hydrogens is 305 g/mol. The minimum atomic E-state index is -2.69. The van der Waals surface area contributed by atoms with E-state index in [1.165, 1.54) is 13.0 Å². The summed E-state index contributed by atoms with van der Waals surface area (Å²) in [5.41, 5.74) is -0.184. The van der Waals surface area contributed by atoms with Gasteiger partial charge in [0.25, 0.3) is 6.43 Å². The number of phenols is 1. The SMILES string of the molecule is CC(=O)c1cc(O)cc(C(F)F)c1I. The fraction of sp³-hybridized carbons (Fsp3) is 0.222. The van der Waals surface area contributed by atoms with E-state index in [1.807, 2.05) is 0 Å². The van der Waals surface area contributed by atoms with Gasteiger partial charge in [0.05, 0.1) is 0 Å². The van der Waals surface area contributed by atoms with Gasteiger partial charge in [-0.2, -0.15) is 0 Å². The largest absolute Gasteiger partial charge is 0.508 e. The van der Waals surface area contributed by atoms with Gasteiger partial charge in [-0.3, -0.25) is 4.79 Å². The number of Topliss-reactive ketones (excluding diaryl/α,β-unsaturated/α-hetero) is 1. The molecule has 1 N–H and O–H groups in total. The van der Waals surface area contributed by atoms with E-state index >= 15 is 0 Å². The van der Waals surface area contributed by atoms with Gasteiger partial charge in [-0.1, -0.05) is 0 Å². The fourth-order valence-corrected chi connectivity index (χ4v) is 1.97. The zero-order valence-corrected chi connectivity index (χ0v) is 9.38. The Kier molecular flexibility index (Phi) is 3.41. The molecular formula is C9H7F2IO2. The first-order valence-corrected chi connectivity index (χ1v) is 4.83. The molecule has 0 aliphatic heterocycles. The van der Waals surface area contributed by atoms with Crippen molar-refractivity contribution < 1.29 is 18.7 Å². The van der Waals surface area contributed by atoms with E-state index in [0.717, 1.165) is 6.07 Å². The van der Waals surface area contributed by atoms with Crippen molar-refractivity contribution in [2.75, 3.05) is 0 Å². The molecule has 2 nitrogen and oxygen atoms in total. The lowest BCUT2D eigenvalue weighted by Crippen LogP contribution is -2.00. The first kappa shape index (κ1) is 11.4. The first-order valence-electron chi connectivity index (χ1n) is 3.75. The van der Waals surface area contributed by atoms with Gasteiger partial charge in [0.1, 0.15) is 5.75 Å². The van der Waals surface area contributed by atoms with E-state index < -0.39 is 6.43 Å². The van der Waals surface area contributed by atoms with Gasteiger partial charge in [0, 0.05) is 14.7 Å². The van der Waals surface area contributed by atoms with E-state index in [4.69, 9.17) is 5.11 Å². The highest BCUT2D eigenvalue weighted by Crippen LogP contribution is 2.30. The molecule has 1 aromatic carbocycles. The Balaban J connectivity index is 3.40. The van der Waals surface area contributed by atoms with Gasteiger partial charge in [-0.15, -0.1) is 0 Å². The molecule has 0 spiro atoms. The molecule has 76 valence electrons. The molecule has 1 rings (SSSR count). The van der Waals surface area contributed by atoms with Crippen LogP contribution in [0.15, 0.2) is 12.1 Å². The van der Waals surface area contributed by atoms with Gasteiger partial charge in [0.2, 0.25) is 0 Å². The molecule has 0 fully saturated rings. The number of phenolic OH excluding ortho intramolecular Hbond substituents is 1. The number of aromatic hydroxyl groups is 1. The van der Waals surface area contributed by atoms with Crippen LogP contribution in [-0.2, 0) is 0 Å². The molecule has 0 saturated heterocycles. The summed E-state index contributed by atoms with van der Waals surface area (Å²) in [6.45, 7) is 1.27. The Morgan fingerprint density at radius 1 is 1.50 bits per heavy atom. The number of ketones is 1. The van der Waals surface area contributed by atoms with Crippen LogP contribution in [-0.4, -0.2) is 10.9 Å². The van der Waals surface area contributed by atoms with Crippen LogP contribution in [0.1, 0.15) is 29.3 Å². The maximum Gasteiger partial charge on any atom is 0.265 e. The standard InChI is InChI=1S/C9H7F2IO2/c1-4(13)6-2-5(14)3-7(8(6)12)9(10)11/h2-3,9,14H,1H3. The number of hydrogen-bond donors (Lipinski definition) is 1. The summed E-state index contributed by atoms with van der Waals surface area (Å²) in [6, 6.07) is 2.16. The predicted octanol–water partition coefficient (Wildman–Crippen LogP) is 3.14. The van der Waals surface area contributed by atoms with Crippen molar-refractivity contribution in [3.05, 3.63) is 26.8 Å². The van der Waals surface area contributed by atoms with E-state index in [-0.39, 0.29) is 26.2 Å². The summed E-state index contributed by atoms with van der Waals surface area (Å²) in [5.74, 6) is -0.655. The van der Waals surface area contributed by atoms with Crippen molar-refractivity contribution >= 4 is 28.4 Å². The number of rotatable bonds is 2. The molecule has 0 saturated carbocycles. The lowest BCUT2D eigenvalue weighted by Gasteiger charge is -2.07. The van der Waals surface area contributed by atoms with Crippen molar-refractivity contribution in [2.24, 2.45) is 0 Å². The second-order valence-electron chi connectivity index (χ2n) is 2.75. The zero-order valence-electron chi connectivity index (χ0n) is 7.22. The Morgan fingerprint density at radius 3 is 2.50 bits per heavy atom. The van der Waals surface area contributed by atoms with Crippen molar-refractivity contribution in [1.29, 1.82) is 0 Å². The van der Waals surface area contributed by atoms with Gasteiger partial charge >= 0.3 is 0 Å². The molecule has 0 unspecified atom stereocenters. The minimum absolute atomic E-state index is 0.126. The molecule has 5 heteroatoms. The van der Waals surface area contributed by atoms with Gasteiger partial charge < -0.3 is 5.11 Å². The highest BCUT2D eigenvalue weighted by molar-refractivity contribution is 14.1. The second-order valence-corrected chi connectivity index (χ2v) is 3.83. The average molecular weight is 312 g/mol. The molecule has 1 aromatic rings. The van der Waals surface area contributed by atoms with Crippen LogP contribution in [0.2, 0.25) is 0 Å². The first-order chi connectivity index (χ1) is 6.43. The lowest BCUT2D eigenvalue weighted by molar-refractivity contribution is 0.101. The van der Waals surface area contributed by atoms with Gasteiger partial charge in [0.15, 0.2) is 5.78 Å². The molecule has 0 aliphatic carbocycles. The quantitative estimate of drug-likeness (QED) is 0.673. The molecule has 0 radical (unpaired) electrons. The summed E-state index contributed by atoms with van der Waals surface area (Å²) in [5, 5.41) is 9.13. The normalized spacial score (nSPS) is 10.6. The van der Waals surface area contributed by atoms with Crippen LogP contribution in [0.5, 0.6) is 5.75 Å². The topological polar surface area (TPSA) is 37.3 Å². The Morgan fingerprint density at radius 2 is 2.07 bits per heavy atom. The molecule has 14 heavy (non-hydrogen) atoms. The highest BCUT2D eigenvalue weighted by Gasteiger charge is 2.17. The number of carbonyl (C=O) groups is 1. The van der Waals surface area contributed by atoms with E-state index in [0.29, 0.717) is 0 Å². The summed E-state index contributed by atoms with van der Waals surface area (Å²) < 4.78 is 25.0. The summed E-state index contributed by atoms with van der Waals surface area (Å²) in [4.78, 5) is 11.0. The summed E-state index contributed by atoms with van der Waals surface area (Å²) in [7, 11) is 0. The average Bonchev–Trinajstić information content (AvgIpc) is 2.07. The Labute approximate surface area is 93.1 Å². The minimum Gasteiger partial charge on any atom is -0.508 e. The van der Waals surface area contributed by atoms with Crippen molar-refractivity contribution in [2.45, 2.75) is 13.3 Å². The van der Waals surface area contributed by atoms with E-state index in [9.17, 15) is 13.6 Å². The highest BCUT2D eigenvalue weighted by atomic mass is 127. The molecule has 0 aliphatic rings. The van der Waals surface area contributed by atoms with Gasteiger partial charge in [-0.05, 0) is 41.6 Å². The lowest BCUT2D eigenvalue weighted by atomic mass is 10.1. The smallest absolute Gasteiger partial charge is 0.265 e. The van der Waals surface area contributed by atoms with Crippen LogP contribution in [0.3, 0.4) is 0 Å². The molecule has 0 amide bonds. The third kappa shape index (κ3) is 2.20. The van der Waals surface area contributed by atoms with Crippen LogP contribution in [0.25, 0.3) is 0 Å². The van der Waals surface area contributed by atoms with Crippen molar-refractivity contribution in [1.82, 2.24) is 0 Å². The van der Waals surface area contributed by atoms with Crippen LogP contribution in [0, 0.1) is 3.57 Å². The predicted molar refractivity (Wildman–Crippen MR) is 55.8 cm³/mol. The summed E-state index contributed by atoms with van der Waals surface area (Å²) >= 11 is 1.68. The fourth-order valence-electron chi connectivity index (χ4n) is 1.05. The van der Waals surface area contributed by atoms with Crippen molar-refractivity contribution in [3.63, 3.8) is 0 Å². The molecule has 0 bridgehead atoms. The van der Waals surface area contributed by atoms with E-state index in [2.05, 4.69) is 0 Å². The van der Waals surface area contributed by atoms with Crippen LogP contribution < -0.4 is 0 Å². The molecule has 0 atom stereocenters. The number of alkyl halides is 2.